The van der Waals surface area contributed by atoms with Gasteiger partial charge in [0.05, 0.1) is 24.4 Å². The van der Waals surface area contributed by atoms with E-state index in [1.165, 1.54) is 18.6 Å². The average molecular weight is 406 g/mol. The number of hydrogen-bond donors (Lipinski definition) is 1. The molecule has 0 saturated carbocycles. The van der Waals surface area contributed by atoms with Crippen molar-refractivity contribution in [1.29, 1.82) is 0 Å². The van der Waals surface area contributed by atoms with Crippen LogP contribution < -0.4 is 0 Å². The second kappa shape index (κ2) is 7.99. The molecule has 2 amide bonds. The van der Waals surface area contributed by atoms with Crippen molar-refractivity contribution in [3.05, 3.63) is 65.8 Å². The van der Waals surface area contributed by atoms with E-state index in [0.717, 1.165) is 11.1 Å². The molecule has 1 N–H and O–H groups in total. The van der Waals surface area contributed by atoms with Crippen LogP contribution in [0.2, 0.25) is 0 Å². The third kappa shape index (κ3) is 3.10. The van der Waals surface area contributed by atoms with Gasteiger partial charge in [0.1, 0.15) is 5.69 Å². The van der Waals surface area contributed by atoms with E-state index < -0.39 is 5.54 Å². The van der Waals surface area contributed by atoms with E-state index in [1.54, 1.807) is 9.80 Å². The van der Waals surface area contributed by atoms with Gasteiger partial charge in [0.15, 0.2) is 0 Å². The summed E-state index contributed by atoms with van der Waals surface area (Å²) in [6.07, 6.45) is 8.89. The number of carbonyl (C=O) groups excluding carboxylic acids is 2. The lowest BCUT2D eigenvalue weighted by atomic mass is 9.60. The fourth-order valence-corrected chi connectivity index (χ4v) is 4.88. The number of likely N-dealkylation sites (tertiary alicyclic amines) is 2. The van der Waals surface area contributed by atoms with E-state index in [9.17, 15) is 14.7 Å². The lowest BCUT2D eigenvalue weighted by Crippen LogP contribution is -2.86. The van der Waals surface area contributed by atoms with Crippen molar-refractivity contribution in [2.45, 2.75) is 37.8 Å². The molecule has 4 rings (SSSR count). The summed E-state index contributed by atoms with van der Waals surface area (Å²) in [6, 6.07) is 7.82. The third-order valence-corrected chi connectivity index (χ3v) is 6.20. The molecule has 2 aromatic rings. The number of nitrogens with zero attached hydrogens (tertiary/aromatic N) is 4. The number of carbonyl (C=O) groups is 2. The van der Waals surface area contributed by atoms with E-state index in [1.807, 2.05) is 38.1 Å². The molecule has 7 heteroatoms. The molecule has 3 heterocycles. The van der Waals surface area contributed by atoms with Crippen LogP contribution in [-0.2, 0) is 4.79 Å². The molecule has 1 aromatic carbocycles. The quantitative estimate of drug-likeness (QED) is 0.822. The predicted octanol–water partition coefficient (Wildman–Crippen LogP) is 2.10. The van der Waals surface area contributed by atoms with E-state index in [4.69, 9.17) is 0 Å². The van der Waals surface area contributed by atoms with Gasteiger partial charge in [-0.2, -0.15) is 0 Å². The van der Waals surface area contributed by atoms with E-state index in [-0.39, 0.29) is 36.1 Å². The van der Waals surface area contributed by atoms with E-state index >= 15 is 0 Å². The van der Waals surface area contributed by atoms with Gasteiger partial charge in [-0.1, -0.05) is 43.3 Å². The van der Waals surface area contributed by atoms with Crippen molar-refractivity contribution < 1.29 is 14.7 Å². The van der Waals surface area contributed by atoms with Gasteiger partial charge in [0.2, 0.25) is 5.91 Å². The number of allylic oxidation sites excluding steroid dienone is 1. The number of benzene rings is 1. The van der Waals surface area contributed by atoms with Gasteiger partial charge >= 0.3 is 0 Å². The van der Waals surface area contributed by atoms with Crippen molar-refractivity contribution in [2.24, 2.45) is 0 Å². The van der Waals surface area contributed by atoms with E-state index in [2.05, 4.69) is 22.1 Å². The van der Waals surface area contributed by atoms with Crippen LogP contribution in [0.25, 0.3) is 6.08 Å². The van der Waals surface area contributed by atoms with Crippen LogP contribution in [0, 0.1) is 0 Å². The Bertz CT molecular complexity index is 952. The van der Waals surface area contributed by atoms with Gasteiger partial charge in [-0.3, -0.25) is 14.6 Å². The Morgan fingerprint density at radius 1 is 1.23 bits per heavy atom. The normalized spacial score (nSPS) is 22.1. The number of rotatable bonds is 5. The Labute approximate surface area is 176 Å². The standard InChI is InChI=1S/C23H26N4O3/c1-3-5-16-6-8-17(9-7-16)21-19(13-28)27(22(30)18-12-24-10-11-25-18)23(21)14-26(15-23)20(29)4-2/h3,5-12,19,21,28H,4,13-15H2,1-2H3/b5-3+/t19-,21+/m0/s1. The number of amides is 2. The van der Waals surface area contributed by atoms with Crippen molar-refractivity contribution >= 4 is 17.9 Å². The molecule has 7 nitrogen and oxygen atoms in total. The summed E-state index contributed by atoms with van der Waals surface area (Å²) in [5.41, 5.74) is 1.88. The second-order valence-electron chi connectivity index (χ2n) is 7.87. The molecule has 30 heavy (non-hydrogen) atoms. The highest BCUT2D eigenvalue weighted by molar-refractivity contribution is 5.94. The predicted molar refractivity (Wildman–Crippen MR) is 113 cm³/mol. The number of aromatic nitrogens is 2. The number of hydrogen-bond acceptors (Lipinski definition) is 5. The van der Waals surface area contributed by atoms with Gasteiger partial charge in [0, 0.05) is 37.8 Å². The Balaban J connectivity index is 1.69. The maximum Gasteiger partial charge on any atom is 0.275 e. The third-order valence-electron chi connectivity index (χ3n) is 6.20. The highest BCUT2D eigenvalue weighted by atomic mass is 16.3. The summed E-state index contributed by atoms with van der Waals surface area (Å²) in [5.74, 6) is -0.238. The molecule has 2 aliphatic rings. The van der Waals surface area contributed by atoms with Gasteiger partial charge < -0.3 is 14.9 Å². The summed E-state index contributed by atoms with van der Waals surface area (Å²) >= 11 is 0. The Morgan fingerprint density at radius 2 is 1.97 bits per heavy atom. The molecule has 0 unspecified atom stereocenters. The van der Waals surface area contributed by atoms with Crippen LogP contribution in [0.5, 0.6) is 0 Å². The lowest BCUT2D eigenvalue weighted by Gasteiger charge is -2.70. The molecule has 1 spiro atoms. The SMILES string of the molecule is C/C=C/c1ccc([C@@H]2[C@H](CO)N(C(=O)c3cnccn3)C23CN(C(=O)CC)C3)cc1. The molecular weight excluding hydrogens is 380 g/mol. The van der Waals surface area contributed by atoms with Crippen LogP contribution in [0.3, 0.4) is 0 Å². The Morgan fingerprint density at radius 3 is 2.53 bits per heavy atom. The zero-order valence-electron chi connectivity index (χ0n) is 17.2. The first kappa shape index (κ1) is 20.2. The molecule has 156 valence electrons. The summed E-state index contributed by atoms with van der Waals surface area (Å²) in [7, 11) is 0. The fraction of sp³-hybridized carbons (Fsp3) is 0.391. The van der Waals surface area contributed by atoms with Crippen LogP contribution in [0.4, 0.5) is 0 Å². The summed E-state index contributed by atoms with van der Waals surface area (Å²) in [6.45, 7) is 4.58. The van der Waals surface area contributed by atoms with E-state index in [0.29, 0.717) is 19.5 Å². The number of aliphatic hydroxyl groups excluding tert-OH is 1. The first-order valence-electron chi connectivity index (χ1n) is 10.3. The highest BCUT2D eigenvalue weighted by Gasteiger charge is 2.68. The summed E-state index contributed by atoms with van der Waals surface area (Å²) in [4.78, 5) is 37.2. The van der Waals surface area contributed by atoms with Crippen molar-refractivity contribution in [3.8, 4) is 0 Å². The average Bonchev–Trinajstić information content (AvgIpc) is 2.74. The topological polar surface area (TPSA) is 86.6 Å². The van der Waals surface area contributed by atoms with Crippen LogP contribution in [0.1, 0.15) is 47.8 Å². The molecule has 0 bridgehead atoms. The molecule has 2 atom stereocenters. The second-order valence-corrected chi connectivity index (χ2v) is 7.87. The van der Waals surface area contributed by atoms with Gasteiger partial charge in [-0.05, 0) is 18.1 Å². The van der Waals surface area contributed by atoms with Gasteiger partial charge in [-0.15, -0.1) is 0 Å². The zero-order valence-corrected chi connectivity index (χ0v) is 17.2. The van der Waals surface area contributed by atoms with Crippen LogP contribution in [0.15, 0.2) is 48.9 Å². The first-order valence-corrected chi connectivity index (χ1v) is 10.3. The smallest absolute Gasteiger partial charge is 0.275 e. The Hall–Kier alpha value is -3.06. The molecule has 0 radical (unpaired) electrons. The van der Waals surface area contributed by atoms with Crippen LogP contribution in [-0.4, -0.2) is 68.0 Å². The highest BCUT2D eigenvalue weighted by Crippen LogP contribution is 2.54. The molecule has 1 aromatic heterocycles. The largest absolute Gasteiger partial charge is 0.394 e. The zero-order chi connectivity index (χ0) is 21.3. The number of aliphatic hydroxyl groups is 1. The molecular formula is C23H26N4O3. The van der Waals surface area contributed by atoms with Crippen molar-refractivity contribution in [2.75, 3.05) is 19.7 Å². The molecule has 2 aliphatic heterocycles. The summed E-state index contributed by atoms with van der Waals surface area (Å²) in [5, 5.41) is 10.2. The van der Waals surface area contributed by atoms with Gasteiger partial charge in [0.25, 0.3) is 5.91 Å². The van der Waals surface area contributed by atoms with Gasteiger partial charge in [-0.25, -0.2) is 4.98 Å². The molecule has 2 fully saturated rings. The maximum absolute atomic E-state index is 13.3. The molecule has 2 saturated heterocycles. The minimum Gasteiger partial charge on any atom is -0.394 e. The van der Waals surface area contributed by atoms with Crippen LogP contribution >= 0.6 is 0 Å². The fourth-order valence-electron chi connectivity index (χ4n) is 4.88. The lowest BCUT2D eigenvalue weighted by molar-refractivity contribution is -0.178. The Kier molecular flexibility index (Phi) is 5.39. The minimum atomic E-state index is -0.533. The summed E-state index contributed by atoms with van der Waals surface area (Å²) < 4.78 is 0. The van der Waals surface area contributed by atoms with Crippen molar-refractivity contribution in [1.82, 2.24) is 19.8 Å². The van der Waals surface area contributed by atoms with Crippen molar-refractivity contribution in [3.63, 3.8) is 0 Å². The molecule has 0 aliphatic carbocycles. The first-order chi connectivity index (χ1) is 14.6. The minimum absolute atomic E-state index is 0.0521. The monoisotopic (exact) mass is 406 g/mol. The maximum atomic E-state index is 13.3.